The summed E-state index contributed by atoms with van der Waals surface area (Å²) in [7, 11) is 0. The maximum Gasteiger partial charge on any atom is 0.407 e. The molecule has 5 atom stereocenters. The van der Waals surface area contributed by atoms with E-state index < -0.39 is 85.6 Å². The highest BCUT2D eigenvalue weighted by atomic mass is 16.7. The van der Waals surface area contributed by atoms with Crippen LogP contribution in [0.25, 0.3) is 11.1 Å². The maximum atomic E-state index is 13.4. The van der Waals surface area contributed by atoms with Crippen LogP contribution in [0.2, 0.25) is 0 Å². The Morgan fingerprint density at radius 3 is 2.06 bits per heavy atom. The minimum Gasteiger partial charge on any atom is -0.481 e. The Bertz CT molecular complexity index is 1680. The molecular formula is C37H42N2O15. The van der Waals surface area contributed by atoms with Crippen LogP contribution in [0.3, 0.4) is 0 Å². The zero-order chi connectivity index (χ0) is 39.2. The molecule has 3 N–H and O–H groups in total. The van der Waals surface area contributed by atoms with E-state index in [4.69, 9.17) is 38.3 Å². The second-order valence-electron chi connectivity index (χ2n) is 12.2. The van der Waals surface area contributed by atoms with Crippen molar-refractivity contribution in [3.63, 3.8) is 0 Å². The predicted octanol–water partition coefficient (Wildman–Crippen LogP) is 2.14. The number of amides is 2. The third kappa shape index (κ3) is 11.9. The van der Waals surface area contributed by atoms with Crippen LogP contribution in [-0.4, -0.2) is 111 Å². The van der Waals surface area contributed by atoms with Crippen LogP contribution in [-0.2, 0) is 61.9 Å². The molecule has 0 aromatic heterocycles. The fourth-order valence-electron chi connectivity index (χ4n) is 5.88. The lowest BCUT2D eigenvalue weighted by Gasteiger charge is -2.40. The van der Waals surface area contributed by atoms with Gasteiger partial charge in [0.25, 0.3) is 0 Å². The van der Waals surface area contributed by atoms with E-state index in [1.54, 1.807) is 0 Å². The van der Waals surface area contributed by atoms with Crippen LogP contribution in [0.5, 0.6) is 0 Å². The van der Waals surface area contributed by atoms with Crippen LogP contribution in [0, 0.1) is 0 Å². The van der Waals surface area contributed by atoms with E-state index in [0.717, 1.165) is 43.0 Å². The van der Waals surface area contributed by atoms with Crippen molar-refractivity contribution < 1.29 is 71.8 Å². The van der Waals surface area contributed by atoms with E-state index in [9.17, 15) is 33.6 Å². The van der Waals surface area contributed by atoms with Gasteiger partial charge in [-0.2, -0.15) is 0 Å². The number of hydrogen-bond acceptors (Lipinski definition) is 14. The van der Waals surface area contributed by atoms with Crippen molar-refractivity contribution in [1.29, 1.82) is 0 Å². The van der Waals surface area contributed by atoms with Crippen molar-refractivity contribution in [3.05, 3.63) is 71.8 Å². The summed E-state index contributed by atoms with van der Waals surface area (Å²) in [6, 6.07) is 13.9. The summed E-state index contributed by atoms with van der Waals surface area (Å²) in [4.78, 5) is 85.3. The molecule has 2 aromatic carbocycles. The van der Waals surface area contributed by atoms with Crippen LogP contribution >= 0.6 is 0 Å². The molecule has 0 bridgehead atoms. The van der Waals surface area contributed by atoms with E-state index in [2.05, 4.69) is 10.6 Å². The quantitative estimate of drug-likeness (QED) is 0.119. The van der Waals surface area contributed by atoms with Crippen LogP contribution in [0.4, 0.5) is 4.79 Å². The van der Waals surface area contributed by atoms with E-state index in [-0.39, 0.29) is 38.6 Å². The number of aliphatic carboxylic acids is 1. The van der Waals surface area contributed by atoms with Crippen molar-refractivity contribution >= 4 is 41.8 Å². The standard InChI is InChI=1S/C37H42N2O15/c1-21(40)52-30-20-50-36(34(54-23(3)42)33(30)53-22(2)41)49-19-29(35(46)38-17-32(45)48-16-10-4-5-15-31(43)44)39-37(47)51-18-28-26-13-8-6-11-24(26)25-12-7-9-14-27(25)28/h4,6-14,28-30,33-34,36H,5,15-20H2,1-3H3,(H,38,46)(H,39,47)(H,43,44)/b10-4+/t29-,30+,33-,34+,36+/m0/s1. The fraction of sp³-hybridized carbons (Fsp3) is 0.432. The van der Waals surface area contributed by atoms with E-state index in [1.165, 1.54) is 12.2 Å². The molecule has 1 saturated heterocycles. The number of nitrogens with one attached hydrogen (secondary N) is 2. The van der Waals surface area contributed by atoms with Gasteiger partial charge >= 0.3 is 35.9 Å². The first kappa shape index (κ1) is 41.0. The normalized spacial score (nSPS) is 19.4. The lowest BCUT2D eigenvalue weighted by molar-refractivity contribution is -0.281. The first-order valence-electron chi connectivity index (χ1n) is 17.0. The predicted molar refractivity (Wildman–Crippen MR) is 184 cm³/mol. The average molecular weight is 755 g/mol. The van der Waals surface area contributed by atoms with Gasteiger partial charge in [-0.1, -0.05) is 60.7 Å². The topological polar surface area (TPSA) is 228 Å². The van der Waals surface area contributed by atoms with Gasteiger partial charge in [-0.25, -0.2) is 4.79 Å². The molecule has 4 rings (SSSR count). The number of fused-ring (bicyclic) bond motifs is 3. The number of carbonyl (C=O) groups excluding carboxylic acids is 6. The molecule has 0 radical (unpaired) electrons. The molecule has 0 saturated carbocycles. The van der Waals surface area contributed by atoms with Crippen LogP contribution in [0.15, 0.2) is 60.7 Å². The van der Waals surface area contributed by atoms with Crippen LogP contribution in [0.1, 0.15) is 50.7 Å². The Balaban J connectivity index is 1.45. The molecule has 17 nitrogen and oxygen atoms in total. The summed E-state index contributed by atoms with van der Waals surface area (Å²) in [6.45, 7) is 1.45. The number of alkyl carbamates (subject to hydrolysis) is 1. The molecule has 1 fully saturated rings. The molecule has 2 aliphatic rings. The molecule has 2 amide bonds. The Morgan fingerprint density at radius 2 is 1.44 bits per heavy atom. The Labute approximate surface area is 310 Å². The number of benzene rings is 2. The zero-order valence-corrected chi connectivity index (χ0v) is 29.9. The summed E-state index contributed by atoms with van der Waals surface area (Å²) in [6.07, 6.45) is -3.35. The number of carboxylic acid groups (broad SMARTS) is 1. The molecule has 1 heterocycles. The SMILES string of the molecule is CC(=O)O[C@@H]1[C@@H](OC(C)=O)[C@H](OC[C@H](NC(=O)OCC2c3ccccc3-c3ccccc32)C(=O)NCC(=O)OC/C=C/CCC(=O)O)OC[C@H]1OC(C)=O. The van der Waals surface area contributed by atoms with Crippen molar-refractivity contribution in [2.45, 2.75) is 70.2 Å². The molecular weight excluding hydrogens is 712 g/mol. The molecule has 290 valence electrons. The van der Waals surface area contributed by atoms with Gasteiger partial charge in [0.2, 0.25) is 5.91 Å². The Hall–Kier alpha value is -5.81. The third-order valence-electron chi connectivity index (χ3n) is 8.12. The van der Waals surface area contributed by atoms with Gasteiger partial charge in [0.15, 0.2) is 24.6 Å². The lowest BCUT2D eigenvalue weighted by Crippen LogP contribution is -2.59. The summed E-state index contributed by atoms with van der Waals surface area (Å²) in [5, 5.41) is 13.5. The number of carbonyl (C=O) groups is 7. The highest BCUT2D eigenvalue weighted by Crippen LogP contribution is 2.44. The second-order valence-corrected chi connectivity index (χ2v) is 12.2. The second kappa shape index (κ2) is 19.9. The Morgan fingerprint density at radius 1 is 0.833 bits per heavy atom. The number of esters is 4. The van der Waals surface area contributed by atoms with E-state index in [0.29, 0.717) is 0 Å². The average Bonchev–Trinajstić information content (AvgIpc) is 3.44. The molecule has 1 aliphatic carbocycles. The van der Waals surface area contributed by atoms with Gasteiger partial charge < -0.3 is 48.9 Å². The summed E-state index contributed by atoms with van der Waals surface area (Å²) < 4.78 is 38.0. The van der Waals surface area contributed by atoms with Crippen molar-refractivity contribution in [2.75, 3.05) is 33.0 Å². The summed E-state index contributed by atoms with van der Waals surface area (Å²) in [5.41, 5.74) is 3.93. The lowest BCUT2D eigenvalue weighted by atomic mass is 9.98. The van der Waals surface area contributed by atoms with Crippen LogP contribution < -0.4 is 10.6 Å². The first-order chi connectivity index (χ1) is 25.8. The Kier molecular flexibility index (Phi) is 15.1. The molecule has 1 aliphatic heterocycles. The maximum absolute atomic E-state index is 13.4. The van der Waals surface area contributed by atoms with Crippen molar-refractivity contribution in [2.24, 2.45) is 0 Å². The number of ether oxygens (including phenoxy) is 7. The number of rotatable bonds is 17. The first-order valence-corrected chi connectivity index (χ1v) is 17.0. The van der Waals surface area contributed by atoms with Gasteiger partial charge in [-0.05, 0) is 28.7 Å². The molecule has 17 heteroatoms. The minimum atomic E-state index is -1.52. The highest BCUT2D eigenvalue weighted by Gasteiger charge is 2.48. The highest BCUT2D eigenvalue weighted by molar-refractivity contribution is 5.88. The zero-order valence-electron chi connectivity index (χ0n) is 29.9. The number of allylic oxidation sites excluding steroid dienone is 1. The minimum absolute atomic E-state index is 0.0801. The molecule has 2 aromatic rings. The molecule has 54 heavy (non-hydrogen) atoms. The van der Waals surface area contributed by atoms with Gasteiger partial charge in [0, 0.05) is 33.1 Å². The van der Waals surface area contributed by atoms with Crippen molar-refractivity contribution in [3.8, 4) is 11.1 Å². The van der Waals surface area contributed by atoms with Gasteiger partial charge in [0.1, 0.15) is 25.8 Å². The smallest absolute Gasteiger partial charge is 0.407 e. The summed E-state index contributed by atoms with van der Waals surface area (Å²) >= 11 is 0. The monoisotopic (exact) mass is 754 g/mol. The molecule has 0 spiro atoms. The van der Waals surface area contributed by atoms with E-state index in [1.807, 2.05) is 48.5 Å². The van der Waals surface area contributed by atoms with Gasteiger partial charge in [-0.15, -0.1) is 0 Å². The number of carboxylic acids is 1. The largest absolute Gasteiger partial charge is 0.481 e. The summed E-state index contributed by atoms with van der Waals surface area (Å²) in [5.74, 6) is -5.32. The van der Waals surface area contributed by atoms with E-state index >= 15 is 0 Å². The van der Waals surface area contributed by atoms with Gasteiger partial charge in [-0.3, -0.25) is 28.8 Å². The molecule has 0 unspecified atom stereocenters. The van der Waals surface area contributed by atoms with Crippen molar-refractivity contribution in [1.82, 2.24) is 10.6 Å². The van der Waals surface area contributed by atoms with Gasteiger partial charge in [0.05, 0.1) is 13.2 Å². The number of hydrogen-bond donors (Lipinski definition) is 3. The fourth-order valence-corrected chi connectivity index (χ4v) is 5.88. The third-order valence-corrected chi connectivity index (χ3v) is 8.12.